The van der Waals surface area contributed by atoms with E-state index >= 15 is 0 Å². The van der Waals surface area contributed by atoms with Gasteiger partial charge in [-0.3, -0.25) is 9.78 Å². The van der Waals surface area contributed by atoms with E-state index in [2.05, 4.69) is 29.5 Å². The molecule has 0 saturated heterocycles. The van der Waals surface area contributed by atoms with Crippen molar-refractivity contribution in [3.63, 3.8) is 0 Å². The first-order valence-corrected chi connectivity index (χ1v) is 9.37. The summed E-state index contributed by atoms with van der Waals surface area (Å²) in [6.07, 6.45) is 1.60. The summed E-state index contributed by atoms with van der Waals surface area (Å²) in [7, 11) is 3.20. The smallest absolute Gasteiger partial charge is 0.274 e. The van der Waals surface area contributed by atoms with Gasteiger partial charge in [0.1, 0.15) is 17.2 Å². The van der Waals surface area contributed by atoms with Crippen molar-refractivity contribution >= 4 is 23.0 Å². The van der Waals surface area contributed by atoms with Crippen LogP contribution in [0.4, 0.5) is 17.1 Å². The van der Waals surface area contributed by atoms with Gasteiger partial charge in [0.2, 0.25) is 0 Å². The summed E-state index contributed by atoms with van der Waals surface area (Å²) in [5.41, 5.74) is 3.69. The quantitative estimate of drug-likeness (QED) is 0.578. The second kappa shape index (κ2) is 9.10. The molecule has 2 aromatic carbocycles. The van der Waals surface area contributed by atoms with Crippen molar-refractivity contribution in [2.75, 3.05) is 24.9 Å². The number of aromatic nitrogens is 1. The highest BCUT2D eigenvalue weighted by atomic mass is 16.5. The normalized spacial score (nSPS) is 10.5. The van der Waals surface area contributed by atoms with Crippen LogP contribution in [0.15, 0.2) is 60.8 Å². The number of rotatable bonds is 7. The van der Waals surface area contributed by atoms with Crippen LogP contribution in [-0.2, 0) is 0 Å². The van der Waals surface area contributed by atoms with E-state index in [9.17, 15) is 4.79 Å². The van der Waals surface area contributed by atoms with Crippen LogP contribution in [0.3, 0.4) is 0 Å². The Hall–Kier alpha value is -3.54. The maximum atomic E-state index is 12.8. The van der Waals surface area contributed by atoms with Gasteiger partial charge in [-0.25, -0.2) is 0 Å². The average Bonchev–Trinajstić information content (AvgIpc) is 2.74. The molecule has 1 aromatic heterocycles. The minimum Gasteiger partial charge on any atom is -0.497 e. The molecule has 0 fully saturated rings. The highest BCUT2D eigenvalue weighted by Crippen LogP contribution is 2.31. The first kappa shape index (κ1) is 20.2. The third-order valence-corrected chi connectivity index (χ3v) is 4.51. The Bertz CT molecular complexity index is 1000. The van der Waals surface area contributed by atoms with Gasteiger partial charge in [-0.2, -0.15) is 0 Å². The van der Waals surface area contributed by atoms with E-state index in [-0.39, 0.29) is 5.91 Å². The molecule has 1 heterocycles. The van der Waals surface area contributed by atoms with Gasteiger partial charge in [-0.05, 0) is 41.8 Å². The van der Waals surface area contributed by atoms with Crippen molar-refractivity contribution in [3.8, 4) is 11.5 Å². The number of amides is 1. The Morgan fingerprint density at radius 3 is 2.48 bits per heavy atom. The topological polar surface area (TPSA) is 72.5 Å². The fourth-order valence-corrected chi connectivity index (χ4v) is 2.99. The zero-order valence-electron chi connectivity index (χ0n) is 17.0. The lowest BCUT2D eigenvalue weighted by molar-refractivity contribution is 0.102. The fourth-order valence-electron chi connectivity index (χ4n) is 2.99. The fraction of sp³-hybridized carbons (Fsp3) is 0.217. The molecule has 3 rings (SSSR count). The Morgan fingerprint density at radius 2 is 1.76 bits per heavy atom. The van der Waals surface area contributed by atoms with Crippen LogP contribution in [0, 0.1) is 0 Å². The predicted molar refractivity (Wildman–Crippen MR) is 116 cm³/mol. The Balaban J connectivity index is 1.80. The van der Waals surface area contributed by atoms with Crippen molar-refractivity contribution in [2.24, 2.45) is 0 Å². The molecule has 0 radical (unpaired) electrons. The summed E-state index contributed by atoms with van der Waals surface area (Å²) in [5, 5.41) is 6.23. The number of nitrogens with one attached hydrogen (secondary N) is 2. The lowest BCUT2D eigenvalue weighted by Gasteiger charge is -2.14. The van der Waals surface area contributed by atoms with E-state index in [0.29, 0.717) is 23.1 Å². The van der Waals surface area contributed by atoms with Crippen molar-refractivity contribution in [3.05, 3.63) is 72.1 Å². The molecule has 0 atom stereocenters. The lowest BCUT2D eigenvalue weighted by atomic mass is 10.0. The highest BCUT2D eigenvalue weighted by Gasteiger charge is 2.13. The largest absolute Gasteiger partial charge is 0.497 e. The first-order chi connectivity index (χ1) is 14.0. The van der Waals surface area contributed by atoms with Gasteiger partial charge < -0.3 is 20.1 Å². The summed E-state index contributed by atoms with van der Waals surface area (Å²) in [4.78, 5) is 17.0. The second-order valence-electron chi connectivity index (χ2n) is 6.82. The Labute approximate surface area is 170 Å². The minimum atomic E-state index is -0.261. The molecule has 1 amide bonds. The van der Waals surface area contributed by atoms with Crippen LogP contribution in [0.5, 0.6) is 11.5 Å². The third-order valence-electron chi connectivity index (χ3n) is 4.51. The van der Waals surface area contributed by atoms with Gasteiger partial charge >= 0.3 is 0 Å². The van der Waals surface area contributed by atoms with Crippen LogP contribution >= 0.6 is 0 Å². The van der Waals surface area contributed by atoms with Crippen molar-refractivity contribution in [1.82, 2.24) is 4.98 Å². The Kier molecular flexibility index (Phi) is 6.34. The second-order valence-corrected chi connectivity index (χ2v) is 6.82. The summed E-state index contributed by atoms with van der Waals surface area (Å²) in [6, 6.07) is 16.8. The molecule has 6 heteroatoms. The van der Waals surface area contributed by atoms with Crippen molar-refractivity contribution < 1.29 is 14.3 Å². The van der Waals surface area contributed by atoms with Crippen LogP contribution in [0.2, 0.25) is 0 Å². The molecule has 2 N–H and O–H groups in total. The van der Waals surface area contributed by atoms with E-state index < -0.39 is 0 Å². The lowest BCUT2D eigenvalue weighted by Crippen LogP contribution is -2.15. The number of methoxy groups -OCH3 is 2. The number of ether oxygens (including phenoxy) is 2. The molecule has 3 aromatic rings. The molecule has 150 valence electrons. The maximum Gasteiger partial charge on any atom is 0.274 e. The molecule has 0 unspecified atom stereocenters. The molecular weight excluding hydrogens is 366 g/mol. The van der Waals surface area contributed by atoms with Crippen LogP contribution in [0.25, 0.3) is 0 Å². The zero-order valence-corrected chi connectivity index (χ0v) is 17.0. The van der Waals surface area contributed by atoms with Crippen LogP contribution in [-0.4, -0.2) is 25.1 Å². The van der Waals surface area contributed by atoms with E-state index in [1.807, 2.05) is 36.4 Å². The van der Waals surface area contributed by atoms with Gasteiger partial charge in [-0.15, -0.1) is 0 Å². The standard InChI is InChI=1S/C23H25N3O3/c1-15(2)18-7-5-6-8-19(18)26-23(27)21-13-16(11-12-24-21)25-20-10-9-17(28-3)14-22(20)29-4/h5-15H,1-4H3,(H,24,25)(H,26,27). The third kappa shape index (κ3) is 4.85. The number of hydrogen-bond donors (Lipinski definition) is 2. The molecule has 0 bridgehead atoms. The molecule has 29 heavy (non-hydrogen) atoms. The number of hydrogen-bond acceptors (Lipinski definition) is 5. The van der Waals surface area contributed by atoms with Gasteiger partial charge in [0.15, 0.2) is 0 Å². The maximum absolute atomic E-state index is 12.8. The first-order valence-electron chi connectivity index (χ1n) is 9.37. The number of carbonyl (C=O) groups is 1. The predicted octanol–water partition coefficient (Wildman–Crippen LogP) is 5.22. The monoisotopic (exact) mass is 391 g/mol. The molecule has 0 spiro atoms. The van der Waals surface area contributed by atoms with Crippen LogP contribution < -0.4 is 20.1 Å². The summed E-state index contributed by atoms with van der Waals surface area (Å²) >= 11 is 0. The number of nitrogens with zero attached hydrogens (tertiary/aromatic N) is 1. The van der Waals surface area contributed by atoms with E-state index in [0.717, 1.165) is 22.6 Å². The van der Waals surface area contributed by atoms with E-state index in [1.54, 1.807) is 38.6 Å². The van der Waals surface area contributed by atoms with E-state index in [4.69, 9.17) is 9.47 Å². The number of anilines is 3. The molecule has 6 nitrogen and oxygen atoms in total. The summed E-state index contributed by atoms with van der Waals surface area (Å²) < 4.78 is 10.6. The Morgan fingerprint density at radius 1 is 0.966 bits per heavy atom. The molecular formula is C23H25N3O3. The van der Waals surface area contributed by atoms with Crippen molar-refractivity contribution in [1.29, 1.82) is 0 Å². The number of benzene rings is 2. The van der Waals surface area contributed by atoms with Gasteiger partial charge in [-0.1, -0.05) is 32.0 Å². The number of para-hydroxylation sites is 1. The molecule has 0 aliphatic heterocycles. The van der Waals surface area contributed by atoms with E-state index in [1.165, 1.54) is 0 Å². The van der Waals surface area contributed by atoms with Gasteiger partial charge in [0, 0.05) is 23.6 Å². The van der Waals surface area contributed by atoms with Gasteiger partial charge in [0.25, 0.3) is 5.91 Å². The van der Waals surface area contributed by atoms with Crippen molar-refractivity contribution in [2.45, 2.75) is 19.8 Å². The average molecular weight is 391 g/mol. The molecule has 0 saturated carbocycles. The highest BCUT2D eigenvalue weighted by molar-refractivity contribution is 6.03. The minimum absolute atomic E-state index is 0.261. The SMILES string of the molecule is COc1ccc(Nc2ccnc(C(=O)Nc3ccccc3C(C)C)c2)c(OC)c1. The summed E-state index contributed by atoms with van der Waals surface area (Å²) in [6.45, 7) is 4.19. The van der Waals surface area contributed by atoms with Gasteiger partial charge in [0.05, 0.1) is 19.9 Å². The van der Waals surface area contributed by atoms with Crippen LogP contribution in [0.1, 0.15) is 35.8 Å². The molecule has 0 aliphatic rings. The number of pyridine rings is 1. The zero-order chi connectivity index (χ0) is 20.8. The summed E-state index contributed by atoms with van der Waals surface area (Å²) in [5.74, 6) is 1.38. The molecule has 0 aliphatic carbocycles. The number of carbonyl (C=O) groups excluding carboxylic acids is 1.